The lowest BCUT2D eigenvalue weighted by atomic mass is 10.1. The number of halogens is 2. The summed E-state index contributed by atoms with van der Waals surface area (Å²) in [5.41, 5.74) is 1.65. The summed E-state index contributed by atoms with van der Waals surface area (Å²) in [5.74, 6) is 1.51. The zero-order chi connectivity index (χ0) is 19.5. The SMILES string of the molecule is O=C(c1ccc(OC(F)F)cc1)N1CC[NH+](Cc2ccc3c(c2)OCO3)CC1. The van der Waals surface area contributed by atoms with Crippen molar-refractivity contribution in [2.45, 2.75) is 13.2 Å². The molecule has 2 aromatic rings. The lowest BCUT2D eigenvalue weighted by Gasteiger charge is -2.32. The number of piperazine rings is 1. The van der Waals surface area contributed by atoms with Crippen LogP contribution in [0.15, 0.2) is 42.5 Å². The predicted molar refractivity (Wildman–Crippen MR) is 95.9 cm³/mol. The van der Waals surface area contributed by atoms with Crippen molar-refractivity contribution >= 4 is 5.91 Å². The maximum Gasteiger partial charge on any atom is 0.387 e. The second-order valence-electron chi connectivity index (χ2n) is 6.81. The first-order chi connectivity index (χ1) is 13.6. The van der Waals surface area contributed by atoms with E-state index in [1.807, 2.05) is 18.2 Å². The van der Waals surface area contributed by atoms with Crippen molar-refractivity contribution < 1.29 is 32.7 Å². The zero-order valence-corrected chi connectivity index (χ0v) is 15.2. The monoisotopic (exact) mass is 391 g/mol. The van der Waals surface area contributed by atoms with Crippen LogP contribution in [0.2, 0.25) is 0 Å². The highest BCUT2D eigenvalue weighted by atomic mass is 19.3. The summed E-state index contributed by atoms with van der Waals surface area (Å²) >= 11 is 0. The van der Waals surface area contributed by atoms with Crippen LogP contribution in [0.5, 0.6) is 17.2 Å². The van der Waals surface area contributed by atoms with Crippen molar-refractivity contribution in [1.82, 2.24) is 4.90 Å². The number of carbonyl (C=O) groups excluding carboxylic acids is 1. The Morgan fingerprint density at radius 2 is 1.79 bits per heavy atom. The lowest BCUT2D eigenvalue weighted by Crippen LogP contribution is -3.13. The molecule has 0 aliphatic carbocycles. The van der Waals surface area contributed by atoms with E-state index in [1.165, 1.54) is 34.7 Å². The van der Waals surface area contributed by atoms with Gasteiger partial charge in [-0.1, -0.05) is 0 Å². The van der Waals surface area contributed by atoms with Gasteiger partial charge < -0.3 is 24.0 Å². The van der Waals surface area contributed by atoms with Gasteiger partial charge in [-0.25, -0.2) is 0 Å². The molecule has 8 heteroatoms. The van der Waals surface area contributed by atoms with Crippen LogP contribution in [0.3, 0.4) is 0 Å². The Hall–Kier alpha value is -2.87. The number of rotatable bonds is 5. The van der Waals surface area contributed by atoms with E-state index in [0.717, 1.165) is 31.1 Å². The Labute approximate surface area is 161 Å². The average Bonchev–Trinajstić information content (AvgIpc) is 3.16. The molecule has 2 heterocycles. The highest BCUT2D eigenvalue weighted by Crippen LogP contribution is 2.32. The number of nitrogens with one attached hydrogen (secondary N) is 1. The Bertz CT molecular complexity index is 837. The molecule has 0 atom stereocenters. The topological polar surface area (TPSA) is 52.4 Å². The van der Waals surface area contributed by atoms with E-state index < -0.39 is 6.61 Å². The smallest absolute Gasteiger partial charge is 0.387 e. The predicted octanol–water partition coefficient (Wildman–Crippen LogP) is 1.56. The van der Waals surface area contributed by atoms with Crippen molar-refractivity contribution in [2.75, 3.05) is 33.0 Å². The molecule has 1 fully saturated rings. The lowest BCUT2D eigenvalue weighted by molar-refractivity contribution is -0.917. The third-order valence-corrected chi connectivity index (χ3v) is 4.98. The molecule has 1 N–H and O–H groups in total. The van der Waals surface area contributed by atoms with E-state index in [9.17, 15) is 13.6 Å². The van der Waals surface area contributed by atoms with Gasteiger partial charge in [-0.15, -0.1) is 0 Å². The Morgan fingerprint density at radius 1 is 1.07 bits per heavy atom. The average molecular weight is 391 g/mol. The summed E-state index contributed by atoms with van der Waals surface area (Å²) < 4.78 is 39.5. The van der Waals surface area contributed by atoms with Gasteiger partial charge in [0.05, 0.1) is 26.2 Å². The Balaban J connectivity index is 1.30. The van der Waals surface area contributed by atoms with E-state index in [2.05, 4.69) is 4.74 Å². The molecular weight excluding hydrogens is 370 g/mol. The molecule has 2 aromatic carbocycles. The number of fused-ring (bicyclic) bond motifs is 1. The first-order valence-electron chi connectivity index (χ1n) is 9.15. The van der Waals surface area contributed by atoms with Crippen molar-refractivity contribution in [3.8, 4) is 17.2 Å². The minimum atomic E-state index is -2.87. The van der Waals surface area contributed by atoms with Gasteiger partial charge in [0.1, 0.15) is 12.3 Å². The molecular formula is C20H21F2N2O4+. The Kier molecular flexibility index (Phi) is 5.29. The van der Waals surface area contributed by atoms with Crippen LogP contribution >= 0.6 is 0 Å². The van der Waals surface area contributed by atoms with Gasteiger partial charge in [-0.3, -0.25) is 4.79 Å². The molecule has 148 valence electrons. The van der Waals surface area contributed by atoms with Crippen LogP contribution in [-0.4, -0.2) is 50.4 Å². The van der Waals surface area contributed by atoms with Crippen LogP contribution in [0.25, 0.3) is 0 Å². The Morgan fingerprint density at radius 3 is 2.50 bits per heavy atom. The number of ether oxygens (including phenoxy) is 3. The molecule has 1 amide bonds. The van der Waals surface area contributed by atoms with Crippen LogP contribution in [0, 0.1) is 0 Å². The van der Waals surface area contributed by atoms with Crippen molar-refractivity contribution in [3.63, 3.8) is 0 Å². The van der Waals surface area contributed by atoms with Gasteiger partial charge in [0.25, 0.3) is 5.91 Å². The number of hydrogen-bond acceptors (Lipinski definition) is 4. The van der Waals surface area contributed by atoms with E-state index in [4.69, 9.17) is 9.47 Å². The van der Waals surface area contributed by atoms with Gasteiger partial charge >= 0.3 is 6.61 Å². The van der Waals surface area contributed by atoms with Crippen molar-refractivity contribution in [1.29, 1.82) is 0 Å². The van der Waals surface area contributed by atoms with Crippen molar-refractivity contribution in [3.05, 3.63) is 53.6 Å². The molecule has 1 saturated heterocycles. The summed E-state index contributed by atoms with van der Waals surface area (Å²) in [5, 5.41) is 0. The van der Waals surface area contributed by atoms with Crippen LogP contribution < -0.4 is 19.1 Å². The first kappa shape index (κ1) is 18.5. The maximum atomic E-state index is 12.6. The number of nitrogens with zero attached hydrogens (tertiary/aromatic N) is 1. The molecule has 0 unspecified atom stereocenters. The summed E-state index contributed by atoms with van der Waals surface area (Å²) in [7, 11) is 0. The standard InChI is InChI=1S/C20H20F2N2O4/c21-20(22)28-16-4-2-15(3-5-16)19(25)24-9-7-23(8-10-24)12-14-1-6-17-18(11-14)27-13-26-17/h1-6,11,20H,7-10,12-13H2/p+1. The third-order valence-electron chi connectivity index (χ3n) is 4.98. The number of hydrogen-bond donors (Lipinski definition) is 1. The fourth-order valence-corrected chi connectivity index (χ4v) is 3.50. The fraction of sp³-hybridized carbons (Fsp3) is 0.350. The highest BCUT2D eigenvalue weighted by Gasteiger charge is 2.25. The van der Waals surface area contributed by atoms with Crippen LogP contribution in [0.1, 0.15) is 15.9 Å². The van der Waals surface area contributed by atoms with Crippen molar-refractivity contribution in [2.24, 2.45) is 0 Å². The van der Waals surface area contributed by atoms with Gasteiger partial charge in [0.15, 0.2) is 11.5 Å². The van der Waals surface area contributed by atoms with E-state index in [0.29, 0.717) is 18.7 Å². The number of amides is 1. The third kappa shape index (κ3) is 4.17. The number of benzene rings is 2. The van der Waals surface area contributed by atoms with E-state index >= 15 is 0 Å². The molecule has 0 radical (unpaired) electrons. The molecule has 0 spiro atoms. The minimum Gasteiger partial charge on any atom is -0.454 e. The molecule has 2 aliphatic heterocycles. The first-order valence-corrected chi connectivity index (χ1v) is 9.15. The zero-order valence-electron chi connectivity index (χ0n) is 15.2. The fourth-order valence-electron chi connectivity index (χ4n) is 3.50. The van der Waals surface area contributed by atoms with Gasteiger partial charge in [-0.05, 0) is 42.5 Å². The van der Waals surface area contributed by atoms with E-state index in [1.54, 1.807) is 4.90 Å². The normalized spacial score (nSPS) is 16.5. The number of carbonyl (C=O) groups is 1. The summed E-state index contributed by atoms with van der Waals surface area (Å²) in [6, 6.07) is 11.8. The maximum absolute atomic E-state index is 12.6. The largest absolute Gasteiger partial charge is 0.454 e. The molecule has 0 aromatic heterocycles. The molecule has 2 aliphatic rings. The van der Waals surface area contributed by atoms with Crippen LogP contribution in [0.4, 0.5) is 8.78 Å². The number of quaternary nitrogens is 1. The summed E-state index contributed by atoms with van der Waals surface area (Å²) in [6.45, 7) is 1.23. The van der Waals surface area contributed by atoms with Gasteiger partial charge in [0, 0.05) is 11.1 Å². The minimum absolute atomic E-state index is 0.0459. The molecule has 6 nitrogen and oxygen atoms in total. The molecule has 0 saturated carbocycles. The molecule has 0 bridgehead atoms. The quantitative estimate of drug-likeness (QED) is 0.841. The highest BCUT2D eigenvalue weighted by molar-refractivity contribution is 5.94. The second-order valence-corrected chi connectivity index (χ2v) is 6.81. The van der Waals surface area contributed by atoms with E-state index in [-0.39, 0.29) is 18.4 Å². The second kappa shape index (κ2) is 8.02. The molecule has 4 rings (SSSR count). The number of alkyl halides is 2. The van der Waals surface area contributed by atoms with Gasteiger partial charge in [0.2, 0.25) is 6.79 Å². The van der Waals surface area contributed by atoms with Gasteiger partial charge in [-0.2, -0.15) is 8.78 Å². The summed E-state index contributed by atoms with van der Waals surface area (Å²) in [4.78, 5) is 15.8. The molecule has 28 heavy (non-hydrogen) atoms. The summed E-state index contributed by atoms with van der Waals surface area (Å²) in [6.07, 6.45) is 0. The van der Waals surface area contributed by atoms with Crippen LogP contribution in [-0.2, 0) is 6.54 Å².